The number of methoxy groups -OCH3 is 1. The van der Waals surface area contributed by atoms with E-state index in [1.54, 1.807) is 47.0 Å². The van der Waals surface area contributed by atoms with Crippen LogP contribution in [0, 0.1) is 5.82 Å². The summed E-state index contributed by atoms with van der Waals surface area (Å²) in [5, 5.41) is 5.89. The van der Waals surface area contributed by atoms with Crippen molar-refractivity contribution in [3.05, 3.63) is 84.3 Å². The van der Waals surface area contributed by atoms with Crippen LogP contribution < -0.4 is 15.4 Å². The lowest BCUT2D eigenvalue weighted by Crippen LogP contribution is -2.19. The topological polar surface area (TPSA) is 106 Å². The predicted octanol–water partition coefficient (Wildman–Crippen LogP) is 4.36. The quantitative estimate of drug-likeness (QED) is 0.367. The van der Waals surface area contributed by atoms with Crippen molar-refractivity contribution in [2.24, 2.45) is 0 Å². The van der Waals surface area contributed by atoms with Crippen molar-refractivity contribution in [3.63, 3.8) is 0 Å². The third-order valence-electron chi connectivity index (χ3n) is 5.46. The molecule has 0 radical (unpaired) electrons. The number of fused-ring (bicyclic) bond motifs is 1. The summed E-state index contributed by atoms with van der Waals surface area (Å²) in [7, 11) is -2.33. The van der Waals surface area contributed by atoms with Crippen molar-refractivity contribution in [3.8, 4) is 5.75 Å². The monoisotopic (exact) mass is 509 g/mol. The van der Waals surface area contributed by atoms with Crippen molar-refractivity contribution in [2.45, 2.75) is 24.1 Å². The van der Waals surface area contributed by atoms with Gasteiger partial charge in [-0.05, 0) is 42.0 Å². The third kappa shape index (κ3) is 5.55. The number of anilines is 2. The largest absolute Gasteiger partial charge is 0.495 e. The van der Waals surface area contributed by atoms with E-state index in [4.69, 9.17) is 4.74 Å². The van der Waals surface area contributed by atoms with Crippen LogP contribution in [0.3, 0.4) is 0 Å². The Morgan fingerprint density at radius 2 is 1.72 bits per heavy atom. The fourth-order valence-corrected chi connectivity index (χ4v) is 5.48. The van der Waals surface area contributed by atoms with Crippen LogP contribution in [0.4, 0.5) is 15.8 Å². The van der Waals surface area contributed by atoms with Gasteiger partial charge in [0, 0.05) is 29.7 Å². The summed E-state index contributed by atoms with van der Waals surface area (Å²) in [5.41, 5.74) is 1.87. The highest BCUT2D eigenvalue weighted by Crippen LogP contribution is 2.30. The highest BCUT2D eigenvalue weighted by Gasteiger charge is 2.23. The van der Waals surface area contributed by atoms with E-state index >= 15 is 0 Å². The Labute approximate surface area is 207 Å². The first-order valence-electron chi connectivity index (χ1n) is 11.0. The zero-order valence-electron chi connectivity index (χ0n) is 19.6. The Bertz CT molecular complexity index is 1550. The number of amides is 2. The van der Waals surface area contributed by atoms with Crippen molar-refractivity contribution >= 4 is 43.9 Å². The molecule has 1 heterocycles. The number of benzene rings is 3. The van der Waals surface area contributed by atoms with Crippen molar-refractivity contribution in [2.75, 3.05) is 17.7 Å². The molecule has 0 fully saturated rings. The summed E-state index contributed by atoms with van der Waals surface area (Å²) >= 11 is 0. The average molecular weight is 510 g/mol. The number of carbonyl (C=O) groups is 2. The van der Waals surface area contributed by atoms with Gasteiger partial charge in [0.05, 0.1) is 23.4 Å². The molecule has 0 aliphatic rings. The maximum absolute atomic E-state index is 13.2. The summed E-state index contributed by atoms with van der Waals surface area (Å²) in [6.45, 7) is 1.21. The molecule has 0 saturated carbocycles. The second kappa shape index (κ2) is 10.2. The summed E-state index contributed by atoms with van der Waals surface area (Å²) in [6, 6.07) is 17.0. The molecule has 8 nitrogen and oxygen atoms in total. The Morgan fingerprint density at radius 3 is 2.42 bits per heavy atom. The lowest BCUT2D eigenvalue weighted by atomic mass is 10.2. The fourth-order valence-electron chi connectivity index (χ4n) is 3.90. The number of halogens is 1. The Hall–Kier alpha value is -4.18. The number of hydrogen-bond acceptors (Lipinski definition) is 5. The Kier molecular flexibility index (Phi) is 7.07. The molecule has 0 bridgehead atoms. The fraction of sp³-hybridized carbons (Fsp3) is 0.154. The molecule has 186 valence electrons. The second-order valence-electron chi connectivity index (χ2n) is 8.17. The van der Waals surface area contributed by atoms with Gasteiger partial charge in [0.15, 0.2) is 9.84 Å². The van der Waals surface area contributed by atoms with Crippen molar-refractivity contribution < 1.29 is 27.1 Å². The predicted molar refractivity (Wildman–Crippen MR) is 135 cm³/mol. The van der Waals surface area contributed by atoms with E-state index in [2.05, 4.69) is 10.6 Å². The van der Waals surface area contributed by atoms with Gasteiger partial charge in [-0.3, -0.25) is 9.59 Å². The van der Waals surface area contributed by atoms with E-state index in [0.29, 0.717) is 33.6 Å². The van der Waals surface area contributed by atoms with Crippen LogP contribution in [0.15, 0.2) is 77.8 Å². The van der Waals surface area contributed by atoms with E-state index in [-0.39, 0.29) is 23.1 Å². The van der Waals surface area contributed by atoms with Crippen LogP contribution in [0.2, 0.25) is 0 Å². The first-order valence-corrected chi connectivity index (χ1v) is 12.6. The van der Waals surface area contributed by atoms with Gasteiger partial charge >= 0.3 is 0 Å². The highest BCUT2D eigenvalue weighted by molar-refractivity contribution is 7.90. The maximum atomic E-state index is 13.2. The third-order valence-corrected chi connectivity index (χ3v) is 7.17. The molecule has 4 aromatic rings. The van der Waals surface area contributed by atoms with E-state index in [0.717, 1.165) is 0 Å². The number of hydrogen-bond donors (Lipinski definition) is 2. The molecule has 3 aromatic carbocycles. The van der Waals surface area contributed by atoms with Crippen LogP contribution >= 0.6 is 0 Å². The number of sulfone groups is 1. The molecule has 0 spiro atoms. The number of rotatable bonds is 8. The molecule has 0 aliphatic carbocycles. The molecule has 0 unspecified atom stereocenters. The normalized spacial score (nSPS) is 11.3. The second-order valence-corrected chi connectivity index (χ2v) is 10.1. The van der Waals surface area contributed by atoms with Crippen LogP contribution in [0.5, 0.6) is 5.75 Å². The molecule has 0 atom stereocenters. The minimum atomic E-state index is -3.79. The van der Waals surface area contributed by atoms with Gasteiger partial charge in [-0.25, -0.2) is 12.8 Å². The van der Waals surface area contributed by atoms with E-state index in [9.17, 15) is 22.4 Å². The number of carbonyl (C=O) groups excluding carboxylic acids is 2. The van der Waals surface area contributed by atoms with Gasteiger partial charge in [0.1, 0.15) is 18.1 Å². The standard InChI is InChI=1S/C26H24FN3O5S/c1-17(31)28-20-11-12-24(35-2)22(13-20)29-26(32)15-30-14-25(21-5-3-4-6-23(21)30)36(33,34)16-18-7-9-19(27)10-8-18/h3-14H,15-16H2,1-2H3,(H,28,31)(H,29,32). The lowest BCUT2D eigenvalue weighted by molar-refractivity contribution is -0.116. The molecule has 0 aliphatic heterocycles. The van der Waals surface area contributed by atoms with E-state index < -0.39 is 21.6 Å². The number of nitrogens with zero attached hydrogens (tertiary/aromatic N) is 1. The van der Waals surface area contributed by atoms with Gasteiger partial charge in [-0.2, -0.15) is 0 Å². The van der Waals surface area contributed by atoms with Crippen LogP contribution in [0.1, 0.15) is 12.5 Å². The molecular formula is C26H24FN3O5S. The number of nitrogens with one attached hydrogen (secondary N) is 2. The summed E-state index contributed by atoms with van der Waals surface area (Å²) in [4.78, 5) is 24.4. The number of para-hydroxylation sites is 1. The average Bonchev–Trinajstić information content (AvgIpc) is 3.19. The van der Waals surface area contributed by atoms with Gasteiger partial charge in [0.25, 0.3) is 0 Å². The lowest BCUT2D eigenvalue weighted by Gasteiger charge is -2.13. The van der Waals surface area contributed by atoms with Gasteiger partial charge in [0.2, 0.25) is 11.8 Å². The van der Waals surface area contributed by atoms with Crippen molar-refractivity contribution in [1.82, 2.24) is 4.57 Å². The number of ether oxygens (including phenoxy) is 1. The zero-order chi connectivity index (χ0) is 25.9. The molecule has 4 rings (SSSR count). The summed E-state index contributed by atoms with van der Waals surface area (Å²) in [6.07, 6.45) is 1.44. The Balaban J connectivity index is 1.62. The van der Waals surface area contributed by atoms with Crippen LogP contribution in [-0.4, -0.2) is 31.9 Å². The molecule has 2 amide bonds. The first-order chi connectivity index (χ1) is 17.2. The minimum Gasteiger partial charge on any atom is -0.495 e. The first kappa shape index (κ1) is 24.9. The molecular weight excluding hydrogens is 485 g/mol. The summed E-state index contributed by atoms with van der Waals surface area (Å²) in [5.74, 6) is -1.03. The smallest absolute Gasteiger partial charge is 0.244 e. The van der Waals surface area contributed by atoms with Gasteiger partial charge < -0.3 is 19.9 Å². The number of aromatic nitrogens is 1. The van der Waals surface area contributed by atoms with E-state index in [1.165, 1.54) is 44.5 Å². The molecule has 2 N–H and O–H groups in total. The van der Waals surface area contributed by atoms with Gasteiger partial charge in [-0.15, -0.1) is 0 Å². The minimum absolute atomic E-state index is 0.0838. The Morgan fingerprint density at radius 1 is 1.00 bits per heavy atom. The van der Waals surface area contributed by atoms with Gasteiger partial charge in [-0.1, -0.05) is 30.3 Å². The van der Waals surface area contributed by atoms with Crippen LogP contribution in [0.25, 0.3) is 10.9 Å². The molecule has 0 saturated heterocycles. The maximum Gasteiger partial charge on any atom is 0.244 e. The zero-order valence-corrected chi connectivity index (χ0v) is 20.4. The van der Waals surface area contributed by atoms with Crippen LogP contribution in [-0.2, 0) is 31.7 Å². The van der Waals surface area contributed by atoms with Crippen molar-refractivity contribution in [1.29, 1.82) is 0 Å². The van der Waals surface area contributed by atoms with E-state index in [1.807, 2.05) is 0 Å². The molecule has 36 heavy (non-hydrogen) atoms. The highest BCUT2D eigenvalue weighted by atomic mass is 32.2. The molecule has 10 heteroatoms. The SMILES string of the molecule is COc1ccc(NC(C)=O)cc1NC(=O)Cn1cc(S(=O)(=O)Cc2ccc(F)cc2)c2ccccc21. The molecule has 1 aromatic heterocycles. The summed E-state index contributed by atoms with van der Waals surface area (Å²) < 4.78 is 46.6.